The minimum atomic E-state index is -4.50. The summed E-state index contributed by atoms with van der Waals surface area (Å²) in [5.74, 6) is -1.25. The monoisotopic (exact) mass is 592 g/mol. The van der Waals surface area contributed by atoms with Gasteiger partial charge in [-0.2, -0.15) is 27.2 Å². The SMILES string of the molecule is Cc1nc(F)ccc1[C@H](Nc1cc(Cl)c2ncc(C#N)c(NCC(C)(C)C(F)(F)F)c2c1)C1=C(F)N(C2CC2)NN1. The number of rotatable bonds is 8. The van der Waals surface area contributed by atoms with Crippen LogP contribution in [0.4, 0.5) is 33.3 Å². The lowest BCUT2D eigenvalue weighted by molar-refractivity contribution is -0.206. The molecule has 2 aliphatic rings. The summed E-state index contributed by atoms with van der Waals surface area (Å²) in [5, 5.41) is 17.5. The van der Waals surface area contributed by atoms with E-state index in [1.165, 1.54) is 23.3 Å². The van der Waals surface area contributed by atoms with Gasteiger partial charge in [0.1, 0.15) is 11.8 Å². The van der Waals surface area contributed by atoms with Gasteiger partial charge in [-0.1, -0.05) is 17.7 Å². The molecular weight excluding hydrogens is 567 g/mol. The molecule has 0 bridgehead atoms. The van der Waals surface area contributed by atoms with Gasteiger partial charge in [0.05, 0.1) is 33.2 Å². The van der Waals surface area contributed by atoms with E-state index in [4.69, 9.17) is 11.6 Å². The molecule has 4 N–H and O–H groups in total. The van der Waals surface area contributed by atoms with Crippen molar-refractivity contribution >= 4 is 33.9 Å². The fourth-order valence-electron chi connectivity index (χ4n) is 4.47. The zero-order valence-electron chi connectivity index (χ0n) is 22.2. The van der Waals surface area contributed by atoms with Crippen molar-refractivity contribution in [2.24, 2.45) is 5.41 Å². The summed E-state index contributed by atoms with van der Waals surface area (Å²) in [6.07, 6.45) is -1.62. The number of fused-ring (bicyclic) bond motifs is 1. The van der Waals surface area contributed by atoms with E-state index in [0.717, 1.165) is 32.8 Å². The van der Waals surface area contributed by atoms with E-state index in [2.05, 4.69) is 31.6 Å². The van der Waals surface area contributed by atoms with Crippen molar-refractivity contribution in [2.45, 2.75) is 51.9 Å². The van der Waals surface area contributed by atoms with E-state index in [1.54, 1.807) is 13.0 Å². The van der Waals surface area contributed by atoms with Crippen LogP contribution in [-0.2, 0) is 0 Å². The number of anilines is 2. The predicted molar refractivity (Wildman–Crippen MR) is 144 cm³/mol. The Kier molecular flexibility index (Phi) is 7.33. The van der Waals surface area contributed by atoms with Gasteiger partial charge in [-0.25, -0.2) is 4.98 Å². The number of hydrogen-bond donors (Lipinski definition) is 4. The molecule has 1 aliphatic carbocycles. The summed E-state index contributed by atoms with van der Waals surface area (Å²) >= 11 is 6.56. The Morgan fingerprint density at radius 1 is 1.22 bits per heavy atom. The number of alkyl halides is 3. The number of nitriles is 1. The molecule has 0 unspecified atom stereocenters. The lowest BCUT2D eigenvalue weighted by Crippen LogP contribution is -2.39. The average molecular weight is 593 g/mol. The average Bonchev–Trinajstić information content (AvgIpc) is 3.67. The van der Waals surface area contributed by atoms with E-state index in [0.29, 0.717) is 16.9 Å². The Bertz CT molecular complexity index is 1580. The normalized spacial score (nSPS) is 16.5. The molecule has 5 rings (SSSR count). The molecule has 41 heavy (non-hydrogen) atoms. The second-order valence-corrected chi connectivity index (χ2v) is 11.1. The van der Waals surface area contributed by atoms with Crippen LogP contribution in [0.5, 0.6) is 0 Å². The third-order valence-corrected chi connectivity index (χ3v) is 7.47. The topological polar surface area (TPSA) is 101 Å². The maximum absolute atomic E-state index is 15.6. The summed E-state index contributed by atoms with van der Waals surface area (Å²) in [6.45, 7) is 3.17. The lowest BCUT2D eigenvalue weighted by Gasteiger charge is -2.29. The fraction of sp³-hybridized carbons (Fsp3) is 0.370. The Balaban J connectivity index is 1.59. The van der Waals surface area contributed by atoms with Crippen molar-refractivity contribution in [3.63, 3.8) is 0 Å². The number of nitrogens with one attached hydrogen (secondary N) is 4. The van der Waals surface area contributed by atoms with Crippen LogP contribution < -0.4 is 21.6 Å². The molecule has 14 heteroatoms. The third-order valence-electron chi connectivity index (χ3n) is 7.18. The van der Waals surface area contributed by atoms with Crippen LogP contribution in [0.15, 0.2) is 42.1 Å². The molecule has 0 amide bonds. The molecule has 0 radical (unpaired) electrons. The molecule has 0 spiro atoms. The minimum absolute atomic E-state index is 0.00624. The van der Waals surface area contributed by atoms with Crippen LogP contribution in [-0.4, -0.2) is 33.7 Å². The number of halogens is 6. The highest BCUT2D eigenvalue weighted by Crippen LogP contribution is 2.41. The molecule has 1 aliphatic heterocycles. The van der Waals surface area contributed by atoms with E-state index in [1.807, 2.05) is 6.07 Å². The number of benzene rings is 1. The highest BCUT2D eigenvalue weighted by molar-refractivity contribution is 6.35. The summed E-state index contributed by atoms with van der Waals surface area (Å²) in [7, 11) is 0. The first-order chi connectivity index (χ1) is 19.3. The quantitative estimate of drug-likeness (QED) is 0.136. The zero-order chi connectivity index (χ0) is 29.7. The molecule has 0 saturated heterocycles. The van der Waals surface area contributed by atoms with Crippen LogP contribution >= 0.6 is 11.6 Å². The smallest absolute Gasteiger partial charge is 0.382 e. The first-order valence-corrected chi connectivity index (χ1v) is 13.1. The van der Waals surface area contributed by atoms with Crippen molar-refractivity contribution in [3.8, 4) is 6.07 Å². The van der Waals surface area contributed by atoms with Crippen molar-refractivity contribution in [3.05, 3.63) is 69.9 Å². The van der Waals surface area contributed by atoms with Crippen molar-refractivity contribution in [2.75, 3.05) is 17.2 Å². The minimum Gasteiger partial charge on any atom is -0.382 e. The number of hydrazine groups is 2. The van der Waals surface area contributed by atoms with Crippen molar-refractivity contribution < 1.29 is 22.0 Å². The number of nitrogens with zero attached hydrogens (tertiary/aromatic N) is 4. The van der Waals surface area contributed by atoms with Gasteiger partial charge < -0.3 is 16.1 Å². The second-order valence-electron chi connectivity index (χ2n) is 10.7. The summed E-state index contributed by atoms with van der Waals surface area (Å²) < 4.78 is 70.1. The maximum atomic E-state index is 15.6. The fourth-order valence-corrected chi connectivity index (χ4v) is 4.74. The van der Waals surface area contributed by atoms with Gasteiger partial charge in [0.2, 0.25) is 11.9 Å². The Hall–Kier alpha value is -3.89. The highest BCUT2D eigenvalue weighted by atomic mass is 35.5. The van der Waals surface area contributed by atoms with E-state index in [-0.39, 0.29) is 38.9 Å². The summed E-state index contributed by atoms with van der Waals surface area (Å²) in [5.41, 5.74) is 5.23. The molecule has 216 valence electrons. The van der Waals surface area contributed by atoms with Crippen LogP contribution in [0.1, 0.15) is 49.6 Å². The number of aromatic nitrogens is 2. The molecule has 1 fully saturated rings. The lowest BCUT2D eigenvalue weighted by atomic mass is 9.92. The molecule has 1 atom stereocenters. The molecule has 1 saturated carbocycles. The van der Waals surface area contributed by atoms with Gasteiger partial charge in [-0.15, -0.1) is 5.53 Å². The predicted octanol–water partition coefficient (Wildman–Crippen LogP) is 6.38. The van der Waals surface area contributed by atoms with Gasteiger partial charge in [0.15, 0.2) is 0 Å². The molecular formula is C27H26ClF5N8. The Labute approximate surface area is 237 Å². The summed E-state index contributed by atoms with van der Waals surface area (Å²) in [6, 6.07) is 6.80. The standard InChI is InChI=1S/C27H26ClF5N8/c1-13-17(6-7-20(29)37-13)23(24-25(30)41(40-39-24)16-4-5-16)38-15-8-18-21(36-12-26(2,3)27(31,32)33)14(10-34)11-35-22(18)19(28)9-15/h6-9,11,16,23,38-40H,4-5,12H2,1-3H3,(H,35,36)/t23-/m0/s1. The Morgan fingerprint density at radius 3 is 2.59 bits per heavy atom. The van der Waals surface area contributed by atoms with Gasteiger partial charge in [0, 0.05) is 41.1 Å². The van der Waals surface area contributed by atoms with Gasteiger partial charge >= 0.3 is 6.18 Å². The van der Waals surface area contributed by atoms with Gasteiger partial charge in [-0.05, 0) is 51.8 Å². The largest absolute Gasteiger partial charge is 0.395 e. The van der Waals surface area contributed by atoms with Crippen LogP contribution in [0.3, 0.4) is 0 Å². The van der Waals surface area contributed by atoms with Crippen LogP contribution in [0.25, 0.3) is 10.9 Å². The van der Waals surface area contributed by atoms with Gasteiger partial charge in [0.25, 0.3) is 0 Å². The van der Waals surface area contributed by atoms with Crippen molar-refractivity contribution in [1.82, 2.24) is 25.9 Å². The molecule has 3 heterocycles. The first-order valence-electron chi connectivity index (χ1n) is 12.7. The molecule has 8 nitrogen and oxygen atoms in total. The van der Waals surface area contributed by atoms with Crippen LogP contribution in [0.2, 0.25) is 5.02 Å². The summed E-state index contributed by atoms with van der Waals surface area (Å²) in [4.78, 5) is 8.12. The van der Waals surface area contributed by atoms with Crippen molar-refractivity contribution in [1.29, 1.82) is 5.26 Å². The van der Waals surface area contributed by atoms with E-state index < -0.39 is 36.1 Å². The molecule has 1 aromatic carbocycles. The first kappa shape index (κ1) is 28.6. The highest BCUT2D eigenvalue weighted by Gasteiger charge is 2.47. The molecule has 2 aromatic heterocycles. The Morgan fingerprint density at radius 2 is 1.95 bits per heavy atom. The molecule has 3 aromatic rings. The number of aryl methyl sites for hydroxylation is 1. The van der Waals surface area contributed by atoms with Gasteiger partial charge in [-0.3, -0.25) is 9.99 Å². The van der Waals surface area contributed by atoms with E-state index >= 15 is 4.39 Å². The number of hydrogen-bond acceptors (Lipinski definition) is 8. The third kappa shape index (κ3) is 5.54. The maximum Gasteiger partial charge on any atom is 0.395 e. The van der Waals surface area contributed by atoms with E-state index in [9.17, 15) is 22.8 Å². The zero-order valence-corrected chi connectivity index (χ0v) is 23.0. The van der Waals surface area contributed by atoms with Crippen LogP contribution in [0, 0.1) is 29.6 Å². The second kappa shape index (κ2) is 10.5. The number of pyridine rings is 2.